The molecule has 3 heterocycles. The summed E-state index contributed by atoms with van der Waals surface area (Å²) in [7, 11) is 1.63. The zero-order valence-electron chi connectivity index (χ0n) is 17.4. The maximum Gasteiger partial charge on any atom is 0.425 e. The number of fused-ring (bicyclic) bond motifs is 2. The fourth-order valence-corrected chi connectivity index (χ4v) is 4.89. The van der Waals surface area contributed by atoms with Crippen LogP contribution < -0.4 is 0 Å². The Hall–Kier alpha value is -3.43. The van der Waals surface area contributed by atoms with Crippen molar-refractivity contribution in [3.63, 3.8) is 0 Å². The predicted octanol–water partition coefficient (Wildman–Crippen LogP) is 5.27. The van der Waals surface area contributed by atoms with E-state index in [4.69, 9.17) is 0 Å². The summed E-state index contributed by atoms with van der Waals surface area (Å²) in [6.45, 7) is 0. The SMILES string of the molecule is Cn1cc(C(O)(c2ccc3c(cnn3C(=O)Cc3cccs3)c2)C(F)(F)F)c2ccccc21. The second kappa shape index (κ2) is 7.57. The highest BCUT2D eigenvalue weighted by Gasteiger charge is 2.57. The van der Waals surface area contributed by atoms with Crippen molar-refractivity contribution in [3.8, 4) is 0 Å². The minimum atomic E-state index is -4.99. The van der Waals surface area contributed by atoms with Gasteiger partial charge in [0.2, 0.25) is 5.60 Å². The molecule has 0 bridgehead atoms. The van der Waals surface area contributed by atoms with Crippen molar-refractivity contribution in [2.75, 3.05) is 0 Å². The number of aryl methyl sites for hydroxylation is 1. The van der Waals surface area contributed by atoms with Crippen molar-refractivity contribution >= 4 is 39.0 Å². The second-order valence-electron chi connectivity index (χ2n) is 7.86. The normalized spacial score (nSPS) is 14.1. The average Bonchev–Trinajstić information content (AvgIpc) is 3.51. The first kappa shape index (κ1) is 21.4. The van der Waals surface area contributed by atoms with Gasteiger partial charge in [-0.2, -0.15) is 23.0 Å². The van der Waals surface area contributed by atoms with Crippen molar-refractivity contribution in [3.05, 3.63) is 88.4 Å². The van der Waals surface area contributed by atoms with Crippen LogP contribution in [-0.4, -0.2) is 31.5 Å². The van der Waals surface area contributed by atoms with Crippen LogP contribution in [0.4, 0.5) is 13.2 Å². The van der Waals surface area contributed by atoms with Crippen molar-refractivity contribution in [2.45, 2.75) is 18.2 Å². The zero-order chi connectivity index (χ0) is 23.4. The lowest BCUT2D eigenvalue weighted by Crippen LogP contribution is -2.43. The molecule has 3 aromatic heterocycles. The zero-order valence-corrected chi connectivity index (χ0v) is 18.2. The largest absolute Gasteiger partial charge is 0.425 e. The third kappa shape index (κ3) is 3.35. The van der Waals surface area contributed by atoms with Crippen LogP contribution in [0.15, 0.2) is 72.4 Å². The Kier molecular flexibility index (Phi) is 4.91. The molecule has 0 spiro atoms. The number of rotatable bonds is 4. The van der Waals surface area contributed by atoms with Crippen molar-refractivity contribution in [1.82, 2.24) is 14.3 Å². The number of nitrogens with zero attached hydrogens (tertiary/aromatic N) is 3. The Morgan fingerprint density at radius 2 is 1.88 bits per heavy atom. The van der Waals surface area contributed by atoms with Gasteiger partial charge >= 0.3 is 6.18 Å². The molecule has 5 aromatic rings. The molecule has 168 valence electrons. The Morgan fingerprint density at radius 1 is 1.09 bits per heavy atom. The van der Waals surface area contributed by atoms with Crippen LogP contribution >= 0.6 is 11.3 Å². The van der Waals surface area contributed by atoms with E-state index in [2.05, 4.69) is 5.10 Å². The van der Waals surface area contributed by atoms with Crippen molar-refractivity contribution in [1.29, 1.82) is 0 Å². The third-order valence-electron chi connectivity index (χ3n) is 5.82. The Bertz CT molecular complexity index is 1480. The molecule has 0 aliphatic carbocycles. The van der Waals surface area contributed by atoms with Gasteiger partial charge in [-0.15, -0.1) is 11.3 Å². The van der Waals surface area contributed by atoms with E-state index >= 15 is 0 Å². The molecule has 0 aliphatic heterocycles. The second-order valence-corrected chi connectivity index (χ2v) is 8.89. The summed E-state index contributed by atoms with van der Waals surface area (Å²) in [6.07, 6.45) is -2.21. The Morgan fingerprint density at radius 3 is 2.61 bits per heavy atom. The molecule has 5 nitrogen and oxygen atoms in total. The van der Waals surface area contributed by atoms with Gasteiger partial charge in [-0.05, 0) is 35.2 Å². The van der Waals surface area contributed by atoms with E-state index in [1.54, 1.807) is 35.9 Å². The smallest absolute Gasteiger partial charge is 0.372 e. The molecule has 33 heavy (non-hydrogen) atoms. The van der Waals surface area contributed by atoms with Crippen LogP contribution in [0.25, 0.3) is 21.8 Å². The number of halogens is 3. The summed E-state index contributed by atoms with van der Waals surface area (Å²) in [5, 5.41) is 17.8. The lowest BCUT2D eigenvalue weighted by molar-refractivity contribution is -0.247. The summed E-state index contributed by atoms with van der Waals surface area (Å²) in [5.41, 5.74) is -2.89. The highest BCUT2D eigenvalue weighted by atomic mass is 32.1. The topological polar surface area (TPSA) is 60.0 Å². The molecule has 0 radical (unpaired) electrons. The highest BCUT2D eigenvalue weighted by Crippen LogP contribution is 2.47. The fraction of sp³-hybridized carbons (Fsp3) is 0.167. The highest BCUT2D eigenvalue weighted by molar-refractivity contribution is 7.10. The standard InChI is InChI=1S/C24H18F3N3O2S/c1-29-14-19(18-6-2-3-7-21(18)29)23(32,24(25,26)27)16-8-9-20-15(11-16)13-28-30(20)22(31)12-17-5-4-10-33-17/h2-11,13-14,32H,12H2,1H3. The molecule has 5 rings (SSSR count). The van der Waals surface area contributed by atoms with Gasteiger partial charge in [0.05, 0.1) is 18.1 Å². The van der Waals surface area contributed by atoms with E-state index in [9.17, 15) is 23.1 Å². The number of carbonyl (C=O) groups is 1. The molecular formula is C24H18F3N3O2S. The first-order valence-electron chi connectivity index (χ1n) is 10.1. The average molecular weight is 469 g/mol. The molecule has 9 heteroatoms. The first-order chi connectivity index (χ1) is 15.7. The predicted molar refractivity (Wildman–Crippen MR) is 120 cm³/mol. The van der Waals surface area contributed by atoms with Crippen LogP contribution in [0.3, 0.4) is 0 Å². The molecule has 0 fully saturated rings. The number of carbonyl (C=O) groups excluding carboxylic acids is 1. The van der Waals surface area contributed by atoms with Crippen LogP contribution in [0.5, 0.6) is 0 Å². The van der Waals surface area contributed by atoms with Gasteiger partial charge in [-0.3, -0.25) is 4.79 Å². The van der Waals surface area contributed by atoms with Crippen LogP contribution in [0.1, 0.15) is 20.8 Å². The van der Waals surface area contributed by atoms with Crippen LogP contribution in [0, 0.1) is 0 Å². The fourth-order valence-electron chi connectivity index (χ4n) is 4.20. The molecule has 1 unspecified atom stereocenters. The van der Waals surface area contributed by atoms with Crippen LogP contribution in [0.2, 0.25) is 0 Å². The van der Waals surface area contributed by atoms with E-state index in [1.165, 1.54) is 46.6 Å². The summed E-state index contributed by atoms with van der Waals surface area (Å²) in [5.74, 6) is -0.291. The summed E-state index contributed by atoms with van der Waals surface area (Å²) in [4.78, 5) is 13.5. The van der Waals surface area contributed by atoms with E-state index < -0.39 is 11.8 Å². The number of hydrogen-bond donors (Lipinski definition) is 1. The minimum Gasteiger partial charge on any atom is -0.372 e. The van der Waals surface area contributed by atoms with Crippen molar-refractivity contribution in [2.24, 2.45) is 7.05 Å². The number of hydrogen-bond acceptors (Lipinski definition) is 4. The summed E-state index contributed by atoms with van der Waals surface area (Å²) < 4.78 is 46.0. The number of thiophene rings is 1. The molecule has 0 saturated carbocycles. The van der Waals surface area contributed by atoms with E-state index in [0.29, 0.717) is 21.8 Å². The molecular weight excluding hydrogens is 451 g/mol. The van der Waals surface area contributed by atoms with Crippen molar-refractivity contribution < 1.29 is 23.1 Å². The van der Waals surface area contributed by atoms with Gasteiger partial charge in [0.1, 0.15) is 0 Å². The van der Waals surface area contributed by atoms with Gasteiger partial charge in [0.25, 0.3) is 5.91 Å². The number of alkyl halides is 3. The maximum absolute atomic E-state index is 14.4. The van der Waals surface area contributed by atoms with Gasteiger partial charge in [-0.1, -0.05) is 30.3 Å². The molecule has 1 atom stereocenters. The Labute approximate surface area is 190 Å². The van der Waals surface area contributed by atoms with Gasteiger partial charge in [0.15, 0.2) is 0 Å². The van der Waals surface area contributed by atoms with Gasteiger partial charge in [0, 0.05) is 40.0 Å². The summed E-state index contributed by atoms with van der Waals surface area (Å²) >= 11 is 1.44. The lowest BCUT2D eigenvalue weighted by Gasteiger charge is -2.31. The van der Waals surface area contributed by atoms with Crippen LogP contribution in [-0.2, 0) is 19.1 Å². The number of aromatic nitrogens is 3. The molecule has 0 aliphatic rings. The molecule has 1 N–H and O–H groups in total. The van der Waals surface area contributed by atoms with E-state index in [0.717, 1.165) is 4.88 Å². The van der Waals surface area contributed by atoms with Gasteiger partial charge < -0.3 is 9.67 Å². The first-order valence-corrected chi connectivity index (χ1v) is 11.0. The number of benzene rings is 2. The minimum absolute atomic E-state index is 0.138. The van der Waals surface area contributed by atoms with E-state index in [1.807, 2.05) is 17.5 Å². The van der Waals surface area contributed by atoms with E-state index in [-0.39, 0.29) is 23.5 Å². The number of aliphatic hydroxyl groups is 1. The molecule has 0 amide bonds. The monoisotopic (exact) mass is 469 g/mol. The van der Waals surface area contributed by atoms with Gasteiger partial charge in [-0.25, -0.2) is 0 Å². The third-order valence-corrected chi connectivity index (χ3v) is 6.70. The lowest BCUT2D eigenvalue weighted by atomic mass is 9.85. The quantitative estimate of drug-likeness (QED) is 0.390. The Balaban J connectivity index is 1.63. The molecule has 2 aromatic carbocycles. The maximum atomic E-state index is 14.4. The summed E-state index contributed by atoms with van der Waals surface area (Å²) in [6, 6.07) is 14.1. The number of para-hydroxylation sites is 1. The molecule has 0 saturated heterocycles.